The molecular formula is C15H18N2O4S2. The van der Waals surface area contributed by atoms with E-state index in [-0.39, 0.29) is 6.10 Å². The molecule has 0 bridgehead atoms. The van der Waals surface area contributed by atoms with E-state index in [0.29, 0.717) is 30.5 Å². The second kappa shape index (κ2) is 7.50. The van der Waals surface area contributed by atoms with E-state index in [9.17, 15) is 8.42 Å². The average molecular weight is 354 g/mol. The van der Waals surface area contributed by atoms with Crippen LogP contribution in [-0.2, 0) is 26.1 Å². The Morgan fingerprint density at radius 1 is 1.35 bits per heavy atom. The number of hydrogen-bond donors (Lipinski definition) is 1. The van der Waals surface area contributed by atoms with Crippen LogP contribution >= 0.6 is 11.3 Å². The zero-order valence-corrected chi connectivity index (χ0v) is 14.1. The summed E-state index contributed by atoms with van der Waals surface area (Å²) >= 11 is 1.19. The standard InChI is InChI=1S/C15H18N2O4S2/c18-23(19,15-5-3-9-22-15)17-13-11-20-8-6-14(13)21-10-12-4-1-2-7-16-12/h1-5,7,9,13-14,17H,6,8,10-11H2/t13-,14-/m1/s1. The van der Waals surface area contributed by atoms with Crippen molar-refractivity contribution >= 4 is 21.4 Å². The molecule has 0 unspecified atom stereocenters. The summed E-state index contributed by atoms with van der Waals surface area (Å²) in [7, 11) is -3.54. The van der Waals surface area contributed by atoms with Crippen LogP contribution in [0.4, 0.5) is 0 Å². The Bertz CT molecular complexity index is 704. The summed E-state index contributed by atoms with van der Waals surface area (Å²) < 4.78 is 39.0. The van der Waals surface area contributed by atoms with Gasteiger partial charge >= 0.3 is 0 Å². The van der Waals surface area contributed by atoms with Gasteiger partial charge in [-0.3, -0.25) is 4.98 Å². The Labute approximate surface area is 139 Å². The highest BCUT2D eigenvalue weighted by atomic mass is 32.2. The molecule has 2 aromatic rings. The molecule has 3 rings (SSSR count). The van der Waals surface area contributed by atoms with Gasteiger partial charge in [0, 0.05) is 12.8 Å². The van der Waals surface area contributed by atoms with Crippen molar-refractivity contribution in [1.82, 2.24) is 9.71 Å². The third-order valence-electron chi connectivity index (χ3n) is 3.53. The molecule has 0 amide bonds. The lowest BCUT2D eigenvalue weighted by Crippen LogP contribution is -2.50. The summed E-state index contributed by atoms with van der Waals surface area (Å²) in [5, 5.41) is 1.74. The number of nitrogens with zero attached hydrogens (tertiary/aromatic N) is 1. The maximum Gasteiger partial charge on any atom is 0.250 e. The van der Waals surface area contributed by atoms with Crippen molar-refractivity contribution in [3.05, 3.63) is 47.6 Å². The zero-order valence-electron chi connectivity index (χ0n) is 12.4. The van der Waals surface area contributed by atoms with Gasteiger partial charge in [0.2, 0.25) is 10.0 Å². The van der Waals surface area contributed by atoms with E-state index in [2.05, 4.69) is 9.71 Å². The van der Waals surface area contributed by atoms with Gasteiger partial charge in [0.25, 0.3) is 0 Å². The Balaban J connectivity index is 1.64. The molecule has 3 heterocycles. The van der Waals surface area contributed by atoms with Crippen molar-refractivity contribution in [2.45, 2.75) is 29.4 Å². The topological polar surface area (TPSA) is 77.5 Å². The van der Waals surface area contributed by atoms with E-state index >= 15 is 0 Å². The number of sulfonamides is 1. The third-order valence-corrected chi connectivity index (χ3v) is 6.42. The molecule has 6 nitrogen and oxygen atoms in total. The van der Waals surface area contributed by atoms with Gasteiger partial charge in [0.15, 0.2) is 0 Å². The van der Waals surface area contributed by atoms with E-state index in [1.54, 1.807) is 23.7 Å². The number of ether oxygens (including phenoxy) is 2. The van der Waals surface area contributed by atoms with Crippen LogP contribution in [0.2, 0.25) is 0 Å². The monoisotopic (exact) mass is 354 g/mol. The highest BCUT2D eigenvalue weighted by Crippen LogP contribution is 2.19. The molecule has 0 radical (unpaired) electrons. The van der Waals surface area contributed by atoms with Crippen LogP contribution in [0.3, 0.4) is 0 Å². The number of pyridine rings is 1. The number of aromatic nitrogens is 1. The highest BCUT2D eigenvalue weighted by molar-refractivity contribution is 7.91. The first-order chi connectivity index (χ1) is 11.1. The SMILES string of the molecule is O=S(=O)(N[C@@H]1COCC[C@H]1OCc1ccccn1)c1cccs1. The van der Waals surface area contributed by atoms with Crippen LogP contribution in [0, 0.1) is 0 Å². The van der Waals surface area contributed by atoms with Crippen LogP contribution in [0.25, 0.3) is 0 Å². The summed E-state index contributed by atoms with van der Waals surface area (Å²) in [5.74, 6) is 0. The fraction of sp³-hybridized carbons (Fsp3) is 0.400. The van der Waals surface area contributed by atoms with Gasteiger partial charge < -0.3 is 9.47 Å². The molecule has 23 heavy (non-hydrogen) atoms. The van der Waals surface area contributed by atoms with Crippen LogP contribution in [0.15, 0.2) is 46.1 Å². The van der Waals surface area contributed by atoms with Gasteiger partial charge in [-0.1, -0.05) is 12.1 Å². The third kappa shape index (κ3) is 4.36. The lowest BCUT2D eigenvalue weighted by Gasteiger charge is -2.31. The molecular weight excluding hydrogens is 336 g/mol. The second-order valence-corrected chi connectivity index (χ2v) is 8.08. The smallest absolute Gasteiger partial charge is 0.250 e. The Morgan fingerprint density at radius 3 is 3.00 bits per heavy atom. The largest absolute Gasteiger partial charge is 0.380 e. The minimum absolute atomic E-state index is 0.236. The molecule has 1 fully saturated rings. The lowest BCUT2D eigenvalue weighted by atomic mass is 10.1. The predicted octanol–water partition coefficient (Wildman–Crippen LogP) is 1.80. The highest BCUT2D eigenvalue weighted by Gasteiger charge is 2.31. The zero-order chi connectivity index (χ0) is 16.1. The van der Waals surface area contributed by atoms with Gasteiger partial charge in [0.05, 0.1) is 31.1 Å². The summed E-state index contributed by atoms with van der Waals surface area (Å²) in [6, 6.07) is 8.51. The number of nitrogens with one attached hydrogen (secondary N) is 1. The van der Waals surface area contributed by atoms with E-state index in [0.717, 1.165) is 5.69 Å². The molecule has 2 aromatic heterocycles. The Morgan fingerprint density at radius 2 is 2.26 bits per heavy atom. The summed E-state index contributed by atoms with van der Waals surface area (Å²) in [5.41, 5.74) is 0.818. The fourth-order valence-corrected chi connectivity index (χ4v) is 4.64. The van der Waals surface area contributed by atoms with E-state index in [1.807, 2.05) is 18.2 Å². The molecule has 0 spiro atoms. The molecule has 1 saturated heterocycles. The van der Waals surface area contributed by atoms with Crippen molar-refractivity contribution in [3.8, 4) is 0 Å². The molecule has 8 heteroatoms. The Kier molecular flexibility index (Phi) is 5.39. The van der Waals surface area contributed by atoms with E-state index in [1.165, 1.54) is 11.3 Å². The van der Waals surface area contributed by atoms with Crippen molar-refractivity contribution in [2.75, 3.05) is 13.2 Å². The van der Waals surface area contributed by atoms with Gasteiger partial charge in [0.1, 0.15) is 4.21 Å². The van der Waals surface area contributed by atoms with E-state index < -0.39 is 16.1 Å². The van der Waals surface area contributed by atoms with Crippen LogP contribution < -0.4 is 4.72 Å². The van der Waals surface area contributed by atoms with Gasteiger partial charge in [-0.25, -0.2) is 13.1 Å². The van der Waals surface area contributed by atoms with Crippen LogP contribution in [-0.4, -0.2) is 38.8 Å². The molecule has 0 aromatic carbocycles. The maximum atomic E-state index is 12.4. The van der Waals surface area contributed by atoms with Crippen LogP contribution in [0.5, 0.6) is 0 Å². The van der Waals surface area contributed by atoms with E-state index in [4.69, 9.17) is 9.47 Å². The van der Waals surface area contributed by atoms with Gasteiger partial charge in [-0.05, 0) is 30.0 Å². The van der Waals surface area contributed by atoms with Crippen molar-refractivity contribution in [1.29, 1.82) is 0 Å². The number of thiophene rings is 1. The van der Waals surface area contributed by atoms with Crippen molar-refractivity contribution in [3.63, 3.8) is 0 Å². The van der Waals surface area contributed by atoms with Crippen molar-refractivity contribution in [2.24, 2.45) is 0 Å². The first-order valence-corrected chi connectivity index (χ1v) is 9.66. The molecule has 1 aliphatic rings. The molecule has 0 saturated carbocycles. The van der Waals surface area contributed by atoms with Gasteiger partial charge in [-0.2, -0.15) is 0 Å². The predicted molar refractivity (Wildman–Crippen MR) is 86.7 cm³/mol. The van der Waals surface area contributed by atoms with Crippen LogP contribution in [0.1, 0.15) is 12.1 Å². The molecule has 1 N–H and O–H groups in total. The first-order valence-electron chi connectivity index (χ1n) is 7.30. The first kappa shape index (κ1) is 16.5. The fourth-order valence-electron chi connectivity index (χ4n) is 2.38. The molecule has 1 aliphatic heterocycles. The van der Waals surface area contributed by atoms with Gasteiger partial charge in [-0.15, -0.1) is 11.3 Å². The Hall–Kier alpha value is -1.32. The summed E-state index contributed by atoms with van der Waals surface area (Å²) in [6.07, 6.45) is 2.12. The summed E-state index contributed by atoms with van der Waals surface area (Å²) in [4.78, 5) is 4.21. The average Bonchev–Trinajstić information content (AvgIpc) is 3.10. The second-order valence-electron chi connectivity index (χ2n) is 5.19. The molecule has 124 valence electrons. The van der Waals surface area contributed by atoms with Crippen molar-refractivity contribution < 1.29 is 17.9 Å². The molecule has 2 atom stereocenters. The summed E-state index contributed by atoms with van der Waals surface area (Å²) in [6.45, 7) is 1.21. The minimum Gasteiger partial charge on any atom is -0.380 e. The normalized spacial score (nSPS) is 22.1. The number of hydrogen-bond acceptors (Lipinski definition) is 6. The maximum absolute atomic E-state index is 12.4. The quantitative estimate of drug-likeness (QED) is 0.856. The molecule has 0 aliphatic carbocycles. The lowest BCUT2D eigenvalue weighted by molar-refractivity contribution is -0.0579. The number of rotatable bonds is 6. The minimum atomic E-state index is -3.54.